The van der Waals surface area contributed by atoms with E-state index < -0.39 is 26.6 Å². The number of allylic oxidation sites excluding steroid dienone is 7. The molecule has 3 unspecified atom stereocenters. The summed E-state index contributed by atoms with van der Waals surface area (Å²) in [5, 5.41) is 13.8. The van der Waals surface area contributed by atoms with Gasteiger partial charge >= 0.3 is 0 Å². The number of amides is 1. The van der Waals surface area contributed by atoms with E-state index in [1.807, 2.05) is 27.2 Å². The van der Waals surface area contributed by atoms with Crippen LogP contribution in [-0.4, -0.2) is 68.5 Å². The monoisotopic (exact) mass is 921 g/mol. The van der Waals surface area contributed by atoms with Crippen LogP contribution in [0.2, 0.25) is 0 Å². The van der Waals surface area contributed by atoms with E-state index in [0.29, 0.717) is 17.4 Å². The highest BCUT2D eigenvalue weighted by molar-refractivity contribution is 7.45. The molecule has 0 aliphatic rings. The fourth-order valence-corrected chi connectivity index (χ4v) is 8.43. The van der Waals surface area contributed by atoms with E-state index in [4.69, 9.17) is 9.05 Å². The molecule has 8 nitrogen and oxygen atoms in total. The van der Waals surface area contributed by atoms with Crippen LogP contribution in [-0.2, 0) is 18.4 Å². The highest BCUT2D eigenvalue weighted by Gasteiger charge is 2.23. The fourth-order valence-electron chi connectivity index (χ4n) is 7.71. The highest BCUT2D eigenvalue weighted by atomic mass is 31.2. The van der Waals surface area contributed by atoms with E-state index >= 15 is 0 Å². The molecule has 9 heteroatoms. The first kappa shape index (κ1) is 62.5. The van der Waals surface area contributed by atoms with Crippen LogP contribution < -0.4 is 10.2 Å². The van der Waals surface area contributed by atoms with Gasteiger partial charge in [0.2, 0.25) is 5.91 Å². The standard InChI is InChI=1S/C55H105N2O6P/c1-6-8-10-12-14-16-18-20-21-22-23-24-25-26-27-28-29-30-31-32-33-34-35-36-37-38-40-42-44-46-48-54(58)53(52-63-64(60,61)62-51-50-57(3,4)5)56-55(59)49-47-45-43-41-39-19-17-15-13-11-9-7-2/h15,17,34-35,38,40,46,48,53-54,58H,6-14,16,18-33,36-37,39,41-45,47,49-52H2,1-5H3,(H-,56,59,60,61)/b17-15-,35-34+,40-38+,48-46+. The Labute approximate surface area is 397 Å². The Balaban J connectivity index is 4.20. The molecule has 2 N–H and O–H groups in total. The van der Waals surface area contributed by atoms with E-state index in [2.05, 4.69) is 55.6 Å². The van der Waals surface area contributed by atoms with Crippen LogP contribution in [0.15, 0.2) is 48.6 Å². The number of carbonyl (C=O) groups excluding carboxylic acids is 1. The number of nitrogens with zero attached hydrogens (tertiary/aromatic N) is 1. The Kier molecular flexibility index (Phi) is 45.4. The molecule has 0 saturated carbocycles. The molecule has 3 atom stereocenters. The van der Waals surface area contributed by atoms with Crippen molar-refractivity contribution >= 4 is 13.7 Å². The Bertz CT molecular complexity index is 1180. The number of likely N-dealkylation sites (N-methyl/N-ethyl adjacent to an activating group) is 1. The molecule has 0 aromatic carbocycles. The van der Waals surface area contributed by atoms with Gasteiger partial charge in [0.1, 0.15) is 13.2 Å². The predicted octanol–water partition coefficient (Wildman–Crippen LogP) is 15.3. The van der Waals surface area contributed by atoms with Gasteiger partial charge in [0, 0.05) is 6.42 Å². The van der Waals surface area contributed by atoms with E-state index in [0.717, 1.165) is 64.2 Å². The topological polar surface area (TPSA) is 108 Å². The maximum absolute atomic E-state index is 12.9. The lowest BCUT2D eigenvalue weighted by molar-refractivity contribution is -0.870. The fraction of sp³-hybridized carbons (Fsp3) is 0.836. The minimum atomic E-state index is -4.60. The zero-order valence-corrected chi connectivity index (χ0v) is 43.6. The highest BCUT2D eigenvalue weighted by Crippen LogP contribution is 2.38. The number of phosphoric acid groups is 1. The SMILES string of the molecule is CCCCC/C=C\CCCCCCCC(=O)NC(COP(=O)([O-])OCC[N+](C)(C)C)C(O)/C=C/CC/C=C/CC/C=C/CCCCCCCCCCCCCCCCCCCCCC. The smallest absolute Gasteiger partial charge is 0.268 e. The molecule has 0 saturated heterocycles. The van der Waals surface area contributed by atoms with Crippen LogP contribution in [0.4, 0.5) is 0 Å². The number of carbonyl (C=O) groups is 1. The van der Waals surface area contributed by atoms with Crippen LogP contribution in [0.1, 0.15) is 245 Å². The van der Waals surface area contributed by atoms with Gasteiger partial charge < -0.3 is 28.8 Å². The number of hydrogen-bond donors (Lipinski definition) is 2. The van der Waals surface area contributed by atoms with Crippen molar-refractivity contribution in [1.82, 2.24) is 5.32 Å². The molecule has 0 spiro atoms. The van der Waals surface area contributed by atoms with E-state index in [-0.39, 0.29) is 12.5 Å². The van der Waals surface area contributed by atoms with Crippen LogP contribution in [0, 0.1) is 0 Å². The van der Waals surface area contributed by atoms with Crippen LogP contribution >= 0.6 is 7.82 Å². The summed E-state index contributed by atoms with van der Waals surface area (Å²) in [4.78, 5) is 25.3. The summed E-state index contributed by atoms with van der Waals surface area (Å²) >= 11 is 0. The molecular formula is C55H105N2O6P. The quantitative estimate of drug-likeness (QED) is 0.0272. The molecule has 0 bridgehead atoms. The number of hydrogen-bond acceptors (Lipinski definition) is 6. The van der Waals surface area contributed by atoms with Gasteiger partial charge in [-0.1, -0.05) is 217 Å². The van der Waals surface area contributed by atoms with Gasteiger partial charge in [0.15, 0.2) is 0 Å². The molecule has 0 aromatic rings. The van der Waals surface area contributed by atoms with E-state index in [1.54, 1.807) is 6.08 Å². The van der Waals surface area contributed by atoms with Gasteiger partial charge in [0.05, 0.1) is 39.9 Å². The number of unbranched alkanes of at least 4 members (excludes halogenated alkanes) is 30. The van der Waals surface area contributed by atoms with Gasteiger partial charge in [-0.15, -0.1) is 0 Å². The Morgan fingerprint density at radius 1 is 0.531 bits per heavy atom. The van der Waals surface area contributed by atoms with Crippen molar-refractivity contribution in [3.63, 3.8) is 0 Å². The Morgan fingerprint density at radius 2 is 0.875 bits per heavy atom. The first-order valence-corrected chi connectivity index (χ1v) is 28.5. The molecule has 0 fully saturated rings. The van der Waals surface area contributed by atoms with Gasteiger partial charge in [-0.2, -0.15) is 0 Å². The largest absolute Gasteiger partial charge is 0.756 e. The summed E-state index contributed by atoms with van der Waals surface area (Å²) in [7, 11) is 1.23. The van der Waals surface area contributed by atoms with Crippen molar-refractivity contribution < 1.29 is 32.9 Å². The van der Waals surface area contributed by atoms with E-state index in [1.165, 1.54) is 161 Å². The first-order valence-electron chi connectivity index (χ1n) is 27.0. The van der Waals surface area contributed by atoms with Gasteiger partial charge in [-0.25, -0.2) is 0 Å². The Hall–Kier alpha value is -1.54. The van der Waals surface area contributed by atoms with Crippen LogP contribution in [0.3, 0.4) is 0 Å². The molecular weight excluding hydrogens is 816 g/mol. The summed E-state index contributed by atoms with van der Waals surface area (Å²) in [6.07, 6.45) is 60.6. The first-order chi connectivity index (χ1) is 31.0. The number of quaternary nitrogens is 1. The second kappa shape index (κ2) is 46.6. The Morgan fingerprint density at radius 3 is 1.30 bits per heavy atom. The average Bonchev–Trinajstić information content (AvgIpc) is 3.25. The molecule has 0 aromatic heterocycles. The predicted molar refractivity (Wildman–Crippen MR) is 274 cm³/mol. The van der Waals surface area contributed by atoms with Crippen molar-refractivity contribution in [3.8, 4) is 0 Å². The number of aliphatic hydroxyl groups is 1. The third kappa shape index (κ3) is 48.4. The maximum Gasteiger partial charge on any atom is 0.268 e. The zero-order chi connectivity index (χ0) is 47.1. The third-order valence-corrected chi connectivity index (χ3v) is 13.0. The van der Waals surface area contributed by atoms with Gasteiger partial charge in [-0.05, 0) is 70.6 Å². The molecule has 64 heavy (non-hydrogen) atoms. The number of rotatable bonds is 49. The van der Waals surface area contributed by atoms with Crippen molar-refractivity contribution in [2.24, 2.45) is 0 Å². The van der Waals surface area contributed by atoms with Crippen molar-refractivity contribution in [2.75, 3.05) is 40.9 Å². The molecule has 1 amide bonds. The van der Waals surface area contributed by atoms with Crippen LogP contribution in [0.25, 0.3) is 0 Å². The molecule has 0 radical (unpaired) electrons. The second-order valence-corrected chi connectivity index (χ2v) is 21.0. The molecule has 0 rings (SSSR count). The van der Waals surface area contributed by atoms with Crippen molar-refractivity contribution in [2.45, 2.75) is 257 Å². The lowest BCUT2D eigenvalue weighted by atomic mass is 10.0. The van der Waals surface area contributed by atoms with Gasteiger partial charge in [-0.3, -0.25) is 9.36 Å². The second-order valence-electron chi connectivity index (χ2n) is 19.6. The summed E-state index contributed by atoms with van der Waals surface area (Å²) in [6.45, 7) is 4.59. The van der Waals surface area contributed by atoms with Crippen molar-refractivity contribution in [3.05, 3.63) is 48.6 Å². The lowest BCUT2D eigenvalue weighted by Gasteiger charge is -2.29. The summed E-state index contributed by atoms with van der Waals surface area (Å²) in [5.74, 6) is -0.222. The van der Waals surface area contributed by atoms with E-state index in [9.17, 15) is 19.4 Å². The van der Waals surface area contributed by atoms with Crippen LogP contribution in [0.5, 0.6) is 0 Å². The summed E-state index contributed by atoms with van der Waals surface area (Å²) in [6, 6.07) is -0.914. The minimum Gasteiger partial charge on any atom is -0.756 e. The summed E-state index contributed by atoms with van der Waals surface area (Å²) in [5.41, 5.74) is 0. The van der Waals surface area contributed by atoms with Gasteiger partial charge in [0.25, 0.3) is 7.82 Å². The van der Waals surface area contributed by atoms with Crippen molar-refractivity contribution in [1.29, 1.82) is 0 Å². The number of aliphatic hydroxyl groups excluding tert-OH is 1. The number of phosphoric ester groups is 1. The maximum atomic E-state index is 12.9. The average molecular weight is 921 g/mol. The summed E-state index contributed by atoms with van der Waals surface area (Å²) < 4.78 is 23.2. The third-order valence-electron chi connectivity index (χ3n) is 12.0. The normalized spacial score (nSPS) is 14.4. The molecule has 0 aliphatic heterocycles. The molecule has 0 heterocycles. The zero-order valence-electron chi connectivity index (χ0n) is 42.7. The molecule has 0 aliphatic carbocycles. The number of nitrogens with one attached hydrogen (secondary N) is 1. The minimum absolute atomic E-state index is 0.0114. The molecule has 376 valence electrons. The lowest BCUT2D eigenvalue weighted by Crippen LogP contribution is -2.45.